The predicted octanol–water partition coefficient (Wildman–Crippen LogP) is 3.85. The standard InChI is InChI=1S/C23H33N3O4/c1-3-4-12-24-22(27)26-13-11-23(16-26)15-19(25-30-23)17-9-10-20(28-2)21(14-17)29-18-7-5-6-8-18/h9-10,14-15,18,25H,3-8,11-13,16H2,1-2H3,(H,24,27). The summed E-state index contributed by atoms with van der Waals surface area (Å²) in [6.07, 6.45) is 9.83. The lowest BCUT2D eigenvalue weighted by Gasteiger charge is -2.21. The van der Waals surface area contributed by atoms with Crippen molar-refractivity contribution in [2.24, 2.45) is 0 Å². The fraction of sp³-hybridized carbons (Fsp3) is 0.609. The first-order chi connectivity index (χ1) is 14.6. The van der Waals surface area contributed by atoms with E-state index in [2.05, 4.69) is 23.8 Å². The van der Waals surface area contributed by atoms with Crippen molar-refractivity contribution in [3.05, 3.63) is 29.8 Å². The van der Waals surface area contributed by atoms with E-state index in [1.54, 1.807) is 7.11 Å². The van der Waals surface area contributed by atoms with Crippen molar-refractivity contribution in [3.8, 4) is 11.5 Å². The van der Waals surface area contributed by atoms with Crippen LogP contribution in [0.15, 0.2) is 24.3 Å². The van der Waals surface area contributed by atoms with Gasteiger partial charge in [-0.25, -0.2) is 4.79 Å². The van der Waals surface area contributed by atoms with Gasteiger partial charge < -0.3 is 19.7 Å². The highest BCUT2D eigenvalue weighted by Gasteiger charge is 2.43. The molecule has 0 radical (unpaired) electrons. The van der Waals surface area contributed by atoms with E-state index in [-0.39, 0.29) is 12.1 Å². The molecule has 2 N–H and O–H groups in total. The fourth-order valence-corrected chi connectivity index (χ4v) is 4.41. The first kappa shape index (κ1) is 20.8. The van der Waals surface area contributed by atoms with Crippen LogP contribution in [0.3, 0.4) is 0 Å². The first-order valence-corrected chi connectivity index (χ1v) is 11.2. The highest BCUT2D eigenvalue weighted by molar-refractivity contribution is 5.75. The molecular weight excluding hydrogens is 382 g/mol. The van der Waals surface area contributed by atoms with Crippen molar-refractivity contribution in [2.75, 3.05) is 26.7 Å². The third kappa shape index (κ3) is 4.51. The van der Waals surface area contributed by atoms with Crippen molar-refractivity contribution in [3.63, 3.8) is 0 Å². The van der Waals surface area contributed by atoms with Crippen molar-refractivity contribution in [2.45, 2.75) is 63.6 Å². The molecular formula is C23H33N3O4. The third-order valence-corrected chi connectivity index (χ3v) is 6.20. The number of ether oxygens (including phenoxy) is 2. The van der Waals surface area contributed by atoms with Gasteiger partial charge in [-0.15, -0.1) is 0 Å². The molecule has 1 saturated carbocycles. The molecule has 30 heavy (non-hydrogen) atoms. The molecule has 1 aromatic rings. The number of benzene rings is 1. The second-order valence-electron chi connectivity index (χ2n) is 8.47. The summed E-state index contributed by atoms with van der Waals surface area (Å²) >= 11 is 0. The number of rotatable bonds is 7. The summed E-state index contributed by atoms with van der Waals surface area (Å²) in [4.78, 5) is 20.2. The molecule has 3 aliphatic rings. The number of urea groups is 1. The molecule has 1 unspecified atom stereocenters. The Morgan fingerprint density at radius 3 is 2.93 bits per heavy atom. The Morgan fingerprint density at radius 1 is 1.33 bits per heavy atom. The van der Waals surface area contributed by atoms with E-state index in [1.807, 2.05) is 23.1 Å². The number of unbranched alkanes of at least 4 members (excludes halogenated alkanes) is 1. The van der Waals surface area contributed by atoms with Crippen LogP contribution in [0.4, 0.5) is 4.79 Å². The van der Waals surface area contributed by atoms with Crippen LogP contribution in [0.1, 0.15) is 57.4 Å². The van der Waals surface area contributed by atoms with Gasteiger partial charge in [0.2, 0.25) is 0 Å². The summed E-state index contributed by atoms with van der Waals surface area (Å²) in [5, 5.41) is 2.99. The minimum Gasteiger partial charge on any atom is -0.493 e. The summed E-state index contributed by atoms with van der Waals surface area (Å²) in [5.74, 6) is 1.52. The van der Waals surface area contributed by atoms with E-state index in [0.29, 0.717) is 19.6 Å². The van der Waals surface area contributed by atoms with Crippen LogP contribution >= 0.6 is 0 Å². The Hall–Kier alpha value is -2.41. The molecule has 1 saturated heterocycles. The van der Waals surface area contributed by atoms with Crippen LogP contribution in [-0.4, -0.2) is 49.4 Å². The predicted molar refractivity (Wildman–Crippen MR) is 115 cm³/mol. The molecule has 2 fully saturated rings. The van der Waals surface area contributed by atoms with Crippen molar-refractivity contribution in [1.29, 1.82) is 0 Å². The largest absolute Gasteiger partial charge is 0.493 e. The van der Waals surface area contributed by atoms with Crippen LogP contribution in [0.5, 0.6) is 11.5 Å². The van der Waals surface area contributed by atoms with Crippen LogP contribution in [0.2, 0.25) is 0 Å². The topological polar surface area (TPSA) is 72.1 Å². The van der Waals surface area contributed by atoms with Gasteiger partial charge in [-0.3, -0.25) is 10.3 Å². The fourth-order valence-electron chi connectivity index (χ4n) is 4.41. The minimum atomic E-state index is -0.482. The molecule has 2 amide bonds. The highest BCUT2D eigenvalue weighted by Crippen LogP contribution is 2.37. The lowest BCUT2D eigenvalue weighted by Crippen LogP contribution is -2.42. The van der Waals surface area contributed by atoms with Crippen LogP contribution < -0.4 is 20.3 Å². The van der Waals surface area contributed by atoms with Crippen molar-refractivity contribution in [1.82, 2.24) is 15.7 Å². The van der Waals surface area contributed by atoms with Gasteiger partial charge in [0, 0.05) is 25.1 Å². The number of hydrogen-bond donors (Lipinski definition) is 2. The molecule has 1 spiro atoms. The van der Waals surface area contributed by atoms with Gasteiger partial charge in [-0.2, -0.15) is 0 Å². The van der Waals surface area contributed by atoms with E-state index in [1.165, 1.54) is 12.8 Å². The lowest BCUT2D eigenvalue weighted by atomic mass is 10.0. The Balaban J connectivity index is 1.45. The van der Waals surface area contributed by atoms with Crippen LogP contribution in [-0.2, 0) is 4.84 Å². The second-order valence-corrected chi connectivity index (χ2v) is 8.47. The van der Waals surface area contributed by atoms with Crippen LogP contribution in [0, 0.1) is 0 Å². The number of methoxy groups -OCH3 is 1. The van der Waals surface area contributed by atoms with E-state index in [9.17, 15) is 4.79 Å². The quantitative estimate of drug-likeness (QED) is 0.662. The maximum atomic E-state index is 12.4. The zero-order chi connectivity index (χ0) is 21.0. The molecule has 0 aromatic heterocycles. The normalized spacial score (nSPS) is 23.5. The molecule has 164 valence electrons. The molecule has 4 rings (SSSR count). The number of likely N-dealkylation sites (tertiary alicyclic amines) is 1. The third-order valence-electron chi connectivity index (χ3n) is 6.20. The SMILES string of the molecule is CCCCNC(=O)N1CCC2(C=C(c3ccc(OC)c(OC4CCCC4)c3)NO2)C1. The summed E-state index contributed by atoms with van der Waals surface area (Å²) in [6.45, 7) is 4.06. The molecule has 1 aliphatic carbocycles. The number of nitrogens with zero attached hydrogens (tertiary/aromatic N) is 1. The molecule has 1 aromatic carbocycles. The van der Waals surface area contributed by atoms with Gasteiger partial charge >= 0.3 is 6.03 Å². The first-order valence-electron chi connectivity index (χ1n) is 11.2. The van der Waals surface area contributed by atoms with E-state index in [4.69, 9.17) is 14.3 Å². The summed E-state index contributed by atoms with van der Waals surface area (Å²) < 4.78 is 11.7. The number of hydroxylamine groups is 1. The van der Waals surface area contributed by atoms with E-state index >= 15 is 0 Å². The maximum absolute atomic E-state index is 12.4. The average molecular weight is 416 g/mol. The smallest absolute Gasteiger partial charge is 0.317 e. The maximum Gasteiger partial charge on any atom is 0.317 e. The van der Waals surface area contributed by atoms with Crippen molar-refractivity contribution >= 4 is 11.7 Å². The average Bonchev–Trinajstić information content (AvgIpc) is 3.51. The van der Waals surface area contributed by atoms with E-state index in [0.717, 1.165) is 54.9 Å². The summed E-state index contributed by atoms with van der Waals surface area (Å²) in [6, 6.07) is 5.95. The Bertz CT molecular complexity index is 791. The molecule has 2 aliphatic heterocycles. The monoisotopic (exact) mass is 415 g/mol. The molecule has 7 heteroatoms. The van der Waals surface area contributed by atoms with Gasteiger partial charge in [0.25, 0.3) is 0 Å². The van der Waals surface area contributed by atoms with Gasteiger partial charge in [0.15, 0.2) is 11.5 Å². The second kappa shape index (κ2) is 9.16. The van der Waals surface area contributed by atoms with Crippen LogP contribution in [0.25, 0.3) is 5.70 Å². The summed E-state index contributed by atoms with van der Waals surface area (Å²) in [7, 11) is 1.67. The number of carbonyl (C=O) groups excluding carboxylic acids is 1. The number of carbonyl (C=O) groups is 1. The zero-order valence-electron chi connectivity index (χ0n) is 18.0. The Morgan fingerprint density at radius 2 is 2.17 bits per heavy atom. The van der Waals surface area contributed by atoms with Gasteiger partial charge in [0.1, 0.15) is 5.60 Å². The number of amides is 2. The lowest BCUT2D eigenvalue weighted by molar-refractivity contribution is -0.0245. The van der Waals surface area contributed by atoms with Gasteiger partial charge in [-0.1, -0.05) is 13.3 Å². The van der Waals surface area contributed by atoms with Gasteiger partial charge in [-0.05, 0) is 56.4 Å². The van der Waals surface area contributed by atoms with Gasteiger partial charge in [0.05, 0.1) is 25.5 Å². The number of nitrogens with one attached hydrogen (secondary N) is 2. The Labute approximate surface area is 178 Å². The summed E-state index contributed by atoms with van der Waals surface area (Å²) in [5.41, 5.74) is 4.50. The molecule has 1 atom stereocenters. The highest BCUT2D eigenvalue weighted by atomic mass is 16.7. The molecule has 2 heterocycles. The molecule has 7 nitrogen and oxygen atoms in total. The van der Waals surface area contributed by atoms with Crippen molar-refractivity contribution < 1.29 is 19.1 Å². The number of hydrogen-bond acceptors (Lipinski definition) is 5. The molecule has 0 bridgehead atoms. The Kier molecular flexibility index (Phi) is 6.37. The zero-order valence-corrected chi connectivity index (χ0v) is 18.0. The minimum absolute atomic E-state index is 0.0116. The van der Waals surface area contributed by atoms with E-state index < -0.39 is 5.60 Å².